The van der Waals surface area contributed by atoms with Gasteiger partial charge in [0.2, 0.25) is 0 Å². The number of ether oxygens (including phenoxy) is 1. The molecule has 2 heterocycles. The van der Waals surface area contributed by atoms with Crippen molar-refractivity contribution in [1.82, 2.24) is 9.78 Å². The Balaban J connectivity index is 2.21. The molecule has 0 aliphatic carbocycles. The Labute approximate surface area is 81.8 Å². The fourth-order valence-corrected chi connectivity index (χ4v) is 1.78. The highest BCUT2D eigenvalue weighted by Crippen LogP contribution is 2.17. The lowest BCUT2D eigenvalue weighted by Gasteiger charge is -2.22. The SMILES string of the molecule is NCc1cc(=O)n(C2CCOCC2)[nH]1. The predicted molar refractivity (Wildman–Crippen MR) is 52.0 cm³/mol. The Morgan fingerprint density at radius 3 is 2.86 bits per heavy atom. The van der Waals surface area contributed by atoms with Crippen molar-refractivity contribution in [3.8, 4) is 0 Å². The summed E-state index contributed by atoms with van der Waals surface area (Å²) >= 11 is 0. The minimum atomic E-state index is 0.0114. The molecule has 5 nitrogen and oxygen atoms in total. The van der Waals surface area contributed by atoms with Crippen molar-refractivity contribution in [2.45, 2.75) is 25.4 Å². The van der Waals surface area contributed by atoms with Crippen LogP contribution in [-0.4, -0.2) is 23.0 Å². The number of nitrogens with zero attached hydrogens (tertiary/aromatic N) is 1. The van der Waals surface area contributed by atoms with Crippen molar-refractivity contribution in [3.05, 3.63) is 22.1 Å². The summed E-state index contributed by atoms with van der Waals surface area (Å²) in [5.74, 6) is 0. The predicted octanol–water partition coefficient (Wildman–Crippen LogP) is -0.0134. The van der Waals surface area contributed by atoms with Gasteiger partial charge < -0.3 is 10.5 Å². The topological polar surface area (TPSA) is 73.0 Å². The second-order valence-corrected chi connectivity index (χ2v) is 3.54. The van der Waals surface area contributed by atoms with Gasteiger partial charge >= 0.3 is 0 Å². The highest BCUT2D eigenvalue weighted by atomic mass is 16.5. The third-order valence-electron chi connectivity index (χ3n) is 2.58. The quantitative estimate of drug-likeness (QED) is 0.700. The Morgan fingerprint density at radius 2 is 2.29 bits per heavy atom. The van der Waals surface area contributed by atoms with E-state index in [1.165, 1.54) is 0 Å². The molecular formula is C9H15N3O2. The van der Waals surface area contributed by atoms with Crippen LogP contribution in [0.3, 0.4) is 0 Å². The van der Waals surface area contributed by atoms with Crippen molar-refractivity contribution in [2.75, 3.05) is 13.2 Å². The van der Waals surface area contributed by atoms with Gasteiger partial charge in [-0.25, -0.2) is 4.68 Å². The number of hydrogen-bond acceptors (Lipinski definition) is 3. The summed E-state index contributed by atoms with van der Waals surface area (Å²) in [7, 11) is 0. The highest BCUT2D eigenvalue weighted by Gasteiger charge is 2.17. The average Bonchev–Trinajstić information content (AvgIpc) is 2.61. The summed E-state index contributed by atoms with van der Waals surface area (Å²) in [5.41, 5.74) is 6.26. The standard InChI is InChI=1S/C9H15N3O2/c10-6-7-5-9(13)12(11-7)8-1-3-14-4-2-8/h5,8,11H,1-4,6,10H2. The molecule has 1 aliphatic rings. The maximum Gasteiger partial charge on any atom is 0.267 e. The summed E-state index contributed by atoms with van der Waals surface area (Å²) < 4.78 is 6.91. The number of aromatic amines is 1. The molecule has 0 atom stereocenters. The van der Waals surface area contributed by atoms with E-state index in [1.807, 2.05) is 0 Å². The fourth-order valence-electron chi connectivity index (χ4n) is 1.78. The van der Waals surface area contributed by atoms with E-state index in [0.717, 1.165) is 31.7 Å². The first kappa shape index (κ1) is 9.48. The molecule has 1 fully saturated rings. The third-order valence-corrected chi connectivity index (χ3v) is 2.58. The molecule has 78 valence electrons. The van der Waals surface area contributed by atoms with Crippen molar-refractivity contribution in [2.24, 2.45) is 5.73 Å². The molecule has 1 aromatic rings. The molecule has 0 unspecified atom stereocenters. The highest BCUT2D eigenvalue weighted by molar-refractivity contribution is 4.99. The van der Waals surface area contributed by atoms with E-state index in [0.29, 0.717) is 6.54 Å². The molecule has 0 saturated carbocycles. The van der Waals surface area contributed by atoms with Gasteiger partial charge in [-0.15, -0.1) is 0 Å². The molecule has 0 amide bonds. The summed E-state index contributed by atoms with van der Waals surface area (Å²) in [4.78, 5) is 11.5. The van der Waals surface area contributed by atoms with E-state index < -0.39 is 0 Å². The minimum Gasteiger partial charge on any atom is -0.381 e. The minimum absolute atomic E-state index is 0.0114. The van der Waals surface area contributed by atoms with Gasteiger partial charge in [0.1, 0.15) is 0 Å². The normalized spacial score (nSPS) is 18.6. The van der Waals surface area contributed by atoms with Crippen LogP contribution in [0.15, 0.2) is 10.9 Å². The molecule has 0 aromatic carbocycles. The summed E-state index contributed by atoms with van der Waals surface area (Å²) in [6.07, 6.45) is 1.79. The number of nitrogens with one attached hydrogen (secondary N) is 1. The summed E-state index contributed by atoms with van der Waals surface area (Å²) in [6.45, 7) is 1.84. The van der Waals surface area contributed by atoms with Crippen molar-refractivity contribution in [1.29, 1.82) is 0 Å². The molecule has 14 heavy (non-hydrogen) atoms. The van der Waals surface area contributed by atoms with Gasteiger partial charge in [-0.1, -0.05) is 0 Å². The van der Waals surface area contributed by atoms with Crippen molar-refractivity contribution < 1.29 is 4.74 Å². The zero-order valence-electron chi connectivity index (χ0n) is 8.03. The third kappa shape index (κ3) is 1.73. The van der Waals surface area contributed by atoms with Gasteiger partial charge in [0.15, 0.2) is 0 Å². The Kier molecular flexibility index (Phi) is 2.69. The zero-order valence-corrected chi connectivity index (χ0v) is 8.03. The fraction of sp³-hybridized carbons (Fsp3) is 0.667. The van der Waals surface area contributed by atoms with E-state index in [-0.39, 0.29) is 11.6 Å². The number of rotatable bonds is 2. The van der Waals surface area contributed by atoms with Gasteiger partial charge in [-0.05, 0) is 12.8 Å². The van der Waals surface area contributed by atoms with Gasteiger partial charge in [-0.3, -0.25) is 9.89 Å². The second kappa shape index (κ2) is 3.98. The number of aromatic nitrogens is 2. The first-order valence-corrected chi connectivity index (χ1v) is 4.89. The second-order valence-electron chi connectivity index (χ2n) is 3.54. The first-order valence-electron chi connectivity index (χ1n) is 4.89. The van der Waals surface area contributed by atoms with Crippen LogP contribution >= 0.6 is 0 Å². The molecule has 2 rings (SSSR count). The summed E-state index contributed by atoms with van der Waals surface area (Å²) in [5, 5.41) is 3.02. The van der Waals surface area contributed by atoms with Gasteiger partial charge in [0.25, 0.3) is 5.56 Å². The van der Waals surface area contributed by atoms with Crippen LogP contribution in [0.5, 0.6) is 0 Å². The zero-order chi connectivity index (χ0) is 9.97. The van der Waals surface area contributed by atoms with Crippen LogP contribution in [0.25, 0.3) is 0 Å². The maximum absolute atomic E-state index is 11.5. The van der Waals surface area contributed by atoms with E-state index in [9.17, 15) is 4.79 Å². The van der Waals surface area contributed by atoms with E-state index in [2.05, 4.69) is 5.10 Å². The number of hydrogen-bond donors (Lipinski definition) is 2. The van der Waals surface area contributed by atoms with Gasteiger partial charge in [0.05, 0.1) is 11.7 Å². The maximum atomic E-state index is 11.5. The molecule has 1 aromatic heterocycles. The largest absolute Gasteiger partial charge is 0.381 e. The first-order chi connectivity index (χ1) is 6.81. The lowest BCUT2D eigenvalue weighted by molar-refractivity contribution is 0.0652. The van der Waals surface area contributed by atoms with E-state index in [4.69, 9.17) is 10.5 Å². The Hall–Kier alpha value is -1.07. The lowest BCUT2D eigenvalue weighted by Crippen LogP contribution is -2.27. The Morgan fingerprint density at radius 1 is 1.57 bits per heavy atom. The van der Waals surface area contributed by atoms with Crippen molar-refractivity contribution in [3.63, 3.8) is 0 Å². The van der Waals surface area contributed by atoms with Crippen LogP contribution in [0, 0.1) is 0 Å². The average molecular weight is 197 g/mol. The molecule has 5 heteroatoms. The molecule has 0 spiro atoms. The Bertz CT molecular complexity index is 349. The molecule has 1 aliphatic heterocycles. The van der Waals surface area contributed by atoms with Gasteiger partial charge in [-0.2, -0.15) is 0 Å². The van der Waals surface area contributed by atoms with E-state index >= 15 is 0 Å². The van der Waals surface area contributed by atoms with Crippen molar-refractivity contribution >= 4 is 0 Å². The molecule has 0 bridgehead atoms. The lowest BCUT2D eigenvalue weighted by atomic mass is 10.1. The number of nitrogens with two attached hydrogens (primary N) is 1. The molecule has 3 N–H and O–H groups in total. The smallest absolute Gasteiger partial charge is 0.267 e. The van der Waals surface area contributed by atoms with Crippen LogP contribution < -0.4 is 11.3 Å². The number of H-pyrrole nitrogens is 1. The molecular weight excluding hydrogens is 182 g/mol. The van der Waals surface area contributed by atoms with Gasteiger partial charge in [0, 0.05) is 25.8 Å². The van der Waals surface area contributed by atoms with Crippen LogP contribution in [0.4, 0.5) is 0 Å². The van der Waals surface area contributed by atoms with E-state index in [1.54, 1.807) is 10.7 Å². The van der Waals surface area contributed by atoms with Crippen LogP contribution in [0.1, 0.15) is 24.6 Å². The molecule has 0 radical (unpaired) electrons. The van der Waals surface area contributed by atoms with Crippen LogP contribution in [0.2, 0.25) is 0 Å². The monoisotopic (exact) mass is 197 g/mol. The van der Waals surface area contributed by atoms with Crippen LogP contribution in [-0.2, 0) is 11.3 Å². The molecule has 1 saturated heterocycles. The summed E-state index contributed by atoms with van der Waals surface area (Å²) in [6, 6.07) is 1.81.